The first-order valence-corrected chi connectivity index (χ1v) is 9.07. The number of likely N-dealkylation sites (tertiary alicyclic amines) is 1. The molecule has 0 aliphatic carbocycles. The van der Waals surface area contributed by atoms with Crippen LogP contribution in [0.15, 0.2) is 18.3 Å². The first kappa shape index (κ1) is 21.4. The van der Waals surface area contributed by atoms with Crippen molar-refractivity contribution in [2.24, 2.45) is 5.92 Å². The van der Waals surface area contributed by atoms with Crippen LogP contribution in [0.3, 0.4) is 0 Å². The normalized spacial score (nSPS) is 22.0. The molecule has 2 aliphatic heterocycles. The number of hydrogen-bond acceptors (Lipinski definition) is 4. The van der Waals surface area contributed by atoms with Crippen molar-refractivity contribution in [2.75, 3.05) is 26.3 Å². The van der Waals surface area contributed by atoms with Crippen molar-refractivity contribution in [2.45, 2.75) is 44.3 Å². The second-order valence-electron chi connectivity index (χ2n) is 6.83. The summed E-state index contributed by atoms with van der Waals surface area (Å²) < 4.78 is 40.9. The van der Waals surface area contributed by atoms with Gasteiger partial charge in [0.1, 0.15) is 6.04 Å². The van der Waals surface area contributed by atoms with Crippen molar-refractivity contribution >= 4 is 11.8 Å². The number of ether oxygens (including phenoxy) is 1. The summed E-state index contributed by atoms with van der Waals surface area (Å²) in [5, 5.41) is 9.17. The summed E-state index contributed by atoms with van der Waals surface area (Å²) >= 11 is 0. The second-order valence-corrected chi connectivity index (χ2v) is 6.83. The van der Waals surface area contributed by atoms with Crippen LogP contribution in [0.4, 0.5) is 19.0 Å². The Morgan fingerprint density at radius 3 is 2.56 bits per heavy atom. The van der Waals surface area contributed by atoms with E-state index in [1.54, 1.807) is 0 Å². The number of piperidine rings is 1. The minimum atomic E-state index is -4.38. The standard InChI is InChI=1S/C12H21NO3.C6H4F3N2/c14-12(15)11-3-1-2-6-13(11)9-10-4-7-16-8-5-10;7-6(8,9)4-1-2-11-5(10)3-4/h10-11H,1-9H2,(H,14,15);1-3H,(H-,10,11)/q;-1/t11-;/m0./s1. The topological polar surface area (TPSA) is 86.5 Å². The number of alkyl halides is 3. The molecule has 27 heavy (non-hydrogen) atoms. The van der Waals surface area contributed by atoms with E-state index in [0.717, 1.165) is 70.7 Å². The van der Waals surface area contributed by atoms with E-state index in [1.165, 1.54) is 0 Å². The molecule has 6 nitrogen and oxygen atoms in total. The van der Waals surface area contributed by atoms with Gasteiger partial charge in [-0.1, -0.05) is 30.6 Å². The van der Waals surface area contributed by atoms with E-state index in [-0.39, 0.29) is 11.9 Å². The fourth-order valence-corrected chi connectivity index (χ4v) is 3.36. The van der Waals surface area contributed by atoms with Gasteiger partial charge in [-0.2, -0.15) is 13.2 Å². The number of halogens is 3. The van der Waals surface area contributed by atoms with E-state index in [2.05, 4.69) is 9.88 Å². The molecule has 2 N–H and O–H groups in total. The highest BCUT2D eigenvalue weighted by Gasteiger charge is 2.30. The lowest BCUT2D eigenvalue weighted by Crippen LogP contribution is -2.47. The fourth-order valence-electron chi connectivity index (χ4n) is 3.36. The minimum Gasteiger partial charge on any atom is -0.482 e. The minimum absolute atomic E-state index is 0.239. The third-order valence-corrected chi connectivity index (χ3v) is 4.82. The number of aromatic nitrogens is 1. The van der Waals surface area contributed by atoms with E-state index in [1.807, 2.05) is 0 Å². The predicted octanol–water partition coefficient (Wildman–Crippen LogP) is 4.14. The summed E-state index contributed by atoms with van der Waals surface area (Å²) in [7, 11) is 0. The second kappa shape index (κ2) is 9.89. The van der Waals surface area contributed by atoms with Crippen molar-refractivity contribution < 1.29 is 27.8 Å². The lowest BCUT2D eigenvalue weighted by Gasteiger charge is -2.36. The molecular weight excluding hydrogens is 363 g/mol. The Balaban J connectivity index is 0.000000208. The maximum absolute atomic E-state index is 11.9. The Morgan fingerprint density at radius 2 is 2.00 bits per heavy atom. The zero-order chi connectivity index (χ0) is 19.9. The van der Waals surface area contributed by atoms with Gasteiger partial charge in [0.2, 0.25) is 0 Å². The molecule has 0 radical (unpaired) electrons. The highest BCUT2D eigenvalue weighted by molar-refractivity contribution is 5.73. The van der Waals surface area contributed by atoms with Crippen LogP contribution < -0.4 is 0 Å². The first-order valence-electron chi connectivity index (χ1n) is 9.07. The molecule has 1 aromatic heterocycles. The van der Waals surface area contributed by atoms with Gasteiger partial charge in [-0.15, -0.1) is 0 Å². The summed E-state index contributed by atoms with van der Waals surface area (Å²) in [6, 6.07) is 1.27. The lowest BCUT2D eigenvalue weighted by atomic mass is 9.95. The van der Waals surface area contributed by atoms with Gasteiger partial charge >= 0.3 is 12.1 Å². The molecule has 9 heteroatoms. The zero-order valence-corrected chi connectivity index (χ0v) is 15.0. The van der Waals surface area contributed by atoms with Crippen LogP contribution in [-0.2, 0) is 15.7 Å². The maximum atomic E-state index is 11.9. The monoisotopic (exact) mass is 388 g/mol. The molecule has 1 atom stereocenters. The Kier molecular flexibility index (Phi) is 7.85. The lowest BCUT2D eigenvalue weighted by molar-refractivity contribution is -0.145. The number of pyridine rings is 1. The molecule has 2 saturated heterocycles. The third kappa shape index (κ3) is 6.99. The largest absolute Gasteiger partial charge is 0.482 e. The quantitative estimate of drug-likeness (QED) is 0.841. The summed E-state index contributed by atoms with van der Waals surface area (Å²) in [6.45, 7) is 3.58. The van der Waals surface area contributed by atoms with Crippen LogP contribution >= 0.6 is 0 Å². The van der Waals surface area contributed by atoms with Crippen molar-refractivity contribution in [1.82, 2.24) is 9.88 Å². The van der Waals surface area contributed by atoms with Crippen LogP contribution in [-0.4, -0.2) is 53.3 Å². The van der Waals surface area contributed by atoms with E-state index in [9.17, 15) is 23.1 Å². The van der Waals surface area contributed by atoms with E-state index >= 15 is 0 Å². The van der Waals surface area contributed by atoms with E-state index in [0.29, 0.717) is 12.0 Å². The number of carboxylic acids is 1. The van der Waals surface area contributed by atoms with Crippen LogP contribution in [0.2, 0.25) is 0 Å². The average molecular weight is 388 g/mol. The smallest absolute Gasteiger partial charge is 0.416 e. The van der Waals surface area contributed by atoms with Gasteiger partial charge in [0.15, 0.2) is 0 Å². The summed E-state index contributed by atoms with van der Waals surface area (Å²) in [5.74, 6) is -0.389. The van der Waals surface area contributed by atoms with Crippen LogP contribution in [0, 0.1) is 5.92 Å². The van der Waals surface area contributed by atoms with Gasteiger partial charge in [-0.05, 0) is 38.1 Å². The SMILES string of the molecule is O=C(O)[C@@H]1CCCCN1CC1CCOCC1.[NH-]c1cc(C(F)(F)F)ccn1. The Morgan fingerprint density at radius 1 is 1.30 bits per heavy atom. The van der Waals surface area contributed by atoms with Crippen LogP contribution in [0.1, 0.15) is 37.7 Å². The van der Waals surface area contributed by atoms with Gasteiger partial charge in [0.25, 0.3) is 0 Å². The molecule has 3 rings (SSSR count). The predicted molar refractivity (Wildman–Crippen MR) is 93.6 cm³/mol. The van der Waals surface area contributed by atoms with Gasteiger partial charge in [0.05, 0.1) is 5.56 Å². The Bertz CT molecular complexity index is 607. The molecule has 0 aromatic carbocycles. The molecule has 0 spiro atoms. The number of carbonyl (C=O) groups is 1. The van der Waals surface area contributed by atoms with Crippen LogP contribution in [0.5, 0.6) is 0 Å². The molecule has 0 saturated carbocycles. The third-order valence-electron chi connectivity index (χ3n) is 4.82. The number of hydrogen-bond donors (Lipinski definition) is 1. The summed E-state index contributed by atoms with van der Waals surface area (Å²) in [4.78, 5) is 16.6. The highest BCUT2D eigenvalue weighted by atomic mass is 19.4. The summed E-state index contributed by atoms with van der Waals surface area (Å²) in [6.07, 6.45) is 1.78. The molecule has 2 aliphatic rings. The van der Waals surface area contributed by atoms with Gasteiger partial charge in [0, 0.05) is 19.8 Å². The Labute approximate surface area is 156 Å². The zero-order valence-electron chi connectivity index (χ0n) is 15.0. The Hall–Kier alpha value is -1.87. The van der Waals surface area contributed by atoms with E-state index < -0.39 is 17.7 Å². The molecule has 3 heterocycles. The molecular formula is C18H25F3N3O3-. The molecule has 2 fully saturated rings. The van der Waals surface area contributed by atoms with Crippen LogP contribution in [0.25, 0.3) is 5.73 Å². The molecule has 0 unspecified atom stereocenters. The van der Waals surface area contributed by atoms with Crippen molar-refractivity contribution in [3.8, 4) is 0 Å². The molecule has 152 valence electrons. The van der Waals surface area contributed by atoms with Gasteiger partial charge < -0.3 is 20.6 Å². The number of rotatable bonds is 3. The van der Waals surface area contributed by atoms with Crippen molar-refractivity contribution in [1.29, 1.82) is 0 Å². The van der Waals surface area contributed by atoms with Gasteiger partial charge in [-0.25, -0.2) is 0 Å². The van der Waals surface area contributed by atoms with Crippen molar-refractivity contribution in [3.05, 3.63) is 29.6 Å². The first-order chi connectivity index (χ1) is 12.8. The number of carboxylic acid groups (broad SMARTS) is 1. The van der Waals surface area contributed by atoms with Crippen molar-refractivity contribution in [3.63, 3.8) is 0 Å². The molecule has 0 bridgehead atoms. The molecule has 1 aromatic rings. The van der Waals surface area contributed by atoms with E-state index in [4.69, 9.17) is 10.5 Å². The molecule has 0 amide bonds. The number of nitrogens with zero attached hydrogens (tertiary/aromatic N) is 2. The summed E-state index contributed by atoms with van der Waals surface area (Å²) in [5.41, 5.74) is 5.97. The van der Waals surface area contributed by atoms with Gasteiger partial charge in [-0.3, -0.25) is 9.69 Å². The fraction of sp³-hybridized carbons (Fsp3) is 0.667. The number of nitrogens with one attached hydrogen (secondary N) is 1. The number of aliphatic carboxylic acids is 1. The highest BCUT2D eigenvalue weighted by Crippen LogP contribution is 2.30. The maximum Gasteiger partial charge on any atom is 0.416 e. The average Bonchev–Trinajstić information content (AvgIpc) is 2.63.